The molecule has 1 aliphatic heterocycles. The van der Waals surface area contributed by atoms with Crippen LogP contribution in [0.4, 0.5) is 17.1 Å². The van der Waals surface area contributed by atoms with Crippen LogP contribution in [0.3, 0.4) is 0 Å². The van der Waals surface area contributed by atoms with Crippen molar-refractivity contribution in [3.8, 4) is 22.3 Å². The Morgan fingerprint density at radius 2 is 1.25 bits per heavy atom. The fourth-order valence-electron chi connectivity index (χ4n) is 7.93. The zero-order valence-corrected chi connectivity index (χ0v) is 28.5. The molecule has 0 unspecified atom stereocenters. The first-order valence-electron chi connectivity index (χ1n) is 16.5. The zero-order valence-electron chi connectivity index (χ0n) is 26.7. The fraction of sp³-hybridized carbons (Fsp3) is 0.0455. The van der Waals surface area contributed by atoms with E-state index in [2.05, 4.69) is 164 Å². The third-order valence-electron chi connectivity index (χ3n) is 10.3. The summed E-state index contributed by atoms with van der Waals surface area (Å²) in [6, 6.07) is 55.3. The molecule has 0 amide bonds. The van der Waals surface area contributed by atoms with Crippen molar-refractivity contribution in [3.63, 3.8) is 0 Å². The predicted octanol–water partition coefficient (Wildman–Crippen LogP) is 11.9. The summed E-state index contributed by atoms with van der Waals surface area (Å²) in [5, 5.41) is 8.02. The third kappa shape index (κ3) is 3.97. The molecule has 2 aromatic heterocycles. The minimum absolute atomic E-state index is 0.898. The highest BCUT2D eigenvalue weighted by Crippen LogP contribution is 2.46. The number of hydrogen-bond donors (Lipinski definition) is 0. The van der Waals surface area contributed by atoms with Crippen molar-refractivity contribution in [1.29, 1.82) is 0 Å². The van der Waals surface area contributed by atoms with Gasteiger partial charge in [-0.2, -0.15) is 0 Å². The van der Waals surface area contributed by atoms with Crippen molar-refractivity contribution in [3.05, 3.63) is 152 Å². The van der Waals surface area contributed by atoms with E-state index in [0.717, 1.165) is 33.3 Å². The van der Waals surface area contributed by atoms with Crippen LogP contribution < -0.4 is 15.3 Å². The lowest BCUT2D eigenvalue weighted by Crippen LogP contribution is -2.49. The van der Waals surface area contributed by atoms with E-state index >= 15 is 0 Å². The number of fused-ring (bicyclic) bond motifs is 10. The molecule has 0 spiro atoms. The molecule has 2 nitrogen and oxygen atoms in total. The molecule has 1 aliphatic rings. The lowest BCUT2D eigenvalue weighted by atomic mass is 10.0. The van der Waals surface area contributed by atoms with Gasteiger partial charge < -0.3 is 9.32 Å². The Kier molecular flexibility index (Phi) is 5.93. The van der Waals surface area contributed by atoms with Gasteiger partial charge in [0.25, 0.3) is 0 Å². The van der Waals surface area contributed by atoms with E-state index in [1.54, 1.807) is 0 Å². The minimum Gasteiger partial charge on any atom is -0.456 e. The summed E-state index contributed by atoms with van der Waals surface area (Å²) in [5.74, 6) is 0. The standard InChI is InChI=1S/C44H31NOSSi/c1-48(2)40-26-25-33-32-13-7-9-18-39(32)47-44(33)43(40)35-24-23-31(27-41(35)48)45(30-21-19-29(20-22-30)28-11-4-3-5-12-28)36-15-10-17-38-42(36)34-14-6-8-16-37(34)46-38/h3-27H,1-2H3. The molecule has 0 saturated heterocycles. The summed E-state index contributed by atoms with van der Waals surface area (Å²) in [5.41, 5.74) is 10.5. The Bertz CT molecular complexity index is 2700. The summed E-state index contributed by atoms with van der Waals surface area (Å²) in [6.07, 6.45) is 0. The van der Waals surface area contributed by atoms with Crippen molar-refractivity contribution < 1.29 is 4.42 Å². The first-order chi connectivity index (χ1) is 23.6. The Morgan fingerprint density at radius 1 is 0.542 bits per heavy atom. The molecule has 48 heavy (non-hydrogen) atoms. The number of benzene rings is 7. The fourth-order valence-corrected chi connectivity index (χ4v) is 12.4. The Balaban J connectivity index is 1.20. The van der Waals surface area contributed by atoms with E-state index < -0.39 is 8.07 Å². The van der Waals surface area contributed by atoms with Crippen LogP contribution in [0.2, 0.25) is 13.1 Å². The second-order valence-electron chi connectivity index (χ2n) is 13.3. The maximum atomic E-state index is 6.39. The van der Waals surface area contributed by atoms with Crippen molar-refractivity contribution in [2.45, 2.75) is 13.1 Å². The van der Waals surface area contributed by atoms with E-state index in [1.807, 2.05) is 17.4 Å². The SMILES string of the molecule is C[Si]1(C)c2cc(N(c3ccc(-c4ccccc4)cc3)c3cccc4oc5ccccc5c34)ccc2-c2c1ccc1c2sc2ccccc21. The molecule has 7 aromatic carbocycles. The monoisotopic (exact) mass is 649 g/mol. The molecule has 0 fully saturated rings. The van der Waals surface area contributed by atoms with Gasteiger partial charge in [0, 0.05) is 36.9 Å². The maximum Gasteiger partial charge on any atom is 0.137 e. The summed E-state index contributed by atoms with van der Waals surface area (Å²) in [4.78, 5) is 2.43. The quantitative estimate of drug-likeness (QED) is 0.176. The molecule has 0 N–H and O–H groups in total. The van der Waals surface area contributed by atoms with Crippen LogP contribution >= 0.6 is 11.3 Å². The van der Waals surface area contributed by atoms with Gasteiger partial charge in [0.1, 0.15) is 19.2 Å². The Hall–Kier alpha value is -5.42. The number of anilines is 3. The number of para-hydroxylation sites is 1. The van der Waals surface area contributed by atoms with Crippen LogP contribution in [0, 0.1) is 0 Å². The van der Waals surface area contributed by atoms with Gasteiger partial charge in [-0.3, -0.25) is 0 Å². The second kappa shape index (κ2) is 10.3. The van der Waals surface area contributed by atoms with E-state index in [1.165, 1.54) is 58.5 Å². The lowest BCUT2D eigenvalue weighted by molar-refractivity contribution is 0.669. The maximum absolute atomic E-state index is 6.39. The molecule has 0 saturated carbocycles. The topological polar surface area (TPSA) is 16.4 Å². The van der Waals surface area contributed by atoms with E-state index in [9.17, 15) is 0 Å². The smallest absolute Gasteiger partial charge is 0.137 e. The first kappa shape index (κ1) is 27.7. The van der Waals surface area contributed by atoms with Crippen LogP contribution in [0.15, 0.2) is 156 Å². The van der Waals surface area contributed by atoms with Crippen LogP contribution in [0.5, 0.6) is 0 Å². The highest BCUT2D eigenvalue weighted by atomic mass is 32.1. The number of nitrogens with zero attached hydrogens (tertiary/aromatic N) is 1. The molecule has 0 aliphatic carbocycles. The molecule has 4 heteroatoms. The Labute approximate surface area is 284 Å². The summed E-state index contributed by atoms with van der Waals surface area (Å²) in [6.45, 7) is 5.04. The van der Waals surface area contributed by atoms with Crippen LogP contribution in [0.25, 0.3) is 64.4 Å². The summed E-state index contributed by atoms with van der Waals surface area (Å²) in [7, 11) is -2.00. The van der Waals surface area contributed by atoms with Gasteiger partial charge in [-0.15, -0.1) is 11.3 Å². The highest BCUT2D eigenvalue weighted by molar-refractivity contribution is 7.26. The van der Waals surface area contributed by atoms with Crippen molar-refractivity contribution in [2.24, 2.45) is 0 Å². The minimum atomic E-state index is -2.00. The van der Waals surface area contributed by atoms with Crippen LogP contribution in [-0.2, 0) is 0 Å². The normalized spacial score (nSPS) is 13.4. The van der Waals surface area contributed by atoms with Gasteiger partial charge in [-0.25, -0.2) is 0 Å². The number of thiophene rings is 1. The lowest BCUT2D eigenvalue weighted by Gasteiger charge is -2.28. The van der Waals surface area contributed by atoms with Crippen molar-refractivity contribution in [2.75, 3.05) is 4.90 Å². The number of rotatable bonds is 4. The van der Waals surface area contributed by atoms with Gasteiger partial charge in [0.2, 0.25) is 0 Å². The van der Waals surface area contributed by atoms with Gasteiger partial charge in [-0.1, -0.05) is 116 Å². The summed E-state index contributed by atoms with van der Waals surface area (Å²) < 4.78 is 9.17. The molecule has 3 heterocycles. The van der Waals surface area contributed by atoms with Gasteiger partial charge in [-0.05, 0) is 81.2 Å². The van der Waals surface area contributed by atoms with Gasteiger partial charge >= 0.3 is 0 Å². The third-order valence-corrected chi connectivity index (χ3v) is 15.0. The molecular formula is C44H31NOSSi. The summed E-state index contributed by atoms with van der Waals surface area (Å²) >= 11 is 1.94. The first-order valence-corrected chi connectivity index (χ1v) is 20.3. The molecule has 0 bridgehead atoms. The van der Waals surface area contributed by atoms with Gasteiger partial charge in [0.05, 0.1) is 11.1 Å². The van der Waals surface area contributed by atoms with E-state index in [0.29, 0.717) is 0 Å². The molecule has 9 aromatic rings. The van der Waals surface area contributed by atoms with Crippen molar-refractivity contribution >= 4 is 89.0 Å². The van der Waals surface area contributed by atoms with Crippen molar-refractivity contribution in [1.82, 2.24) is 0 Å². The van der Waals surface area contributed by atoms with Gasteiger partial charge in [0.15, 0.2) is 0 Å². The average Bonchev–Trinajstić information content (AvgIpc) is 3.77. The van der Waals surface area contributed by atoms with Crippen LogP contribution in [-0.4, -0.2) is 8.07 Å². The van der Waals surface area contributed by atoms with E-state index in [-0.39, 0.29) is 0 Å². The second-order valence-corrected chi connectivity index (χ2v) is 18.7. The average molecular weight is 650 g/mol. The highest BCUT2D eigenvalue weighted by Gasteiger charge is 2.39. The number of furan rings is 1. The molecule has 0 atom stereocenters. The molecular weight excluding hydrogens is 619 g/mol. The zero-order chi connectivity index (χ0) is 32.0. The van der Waals surface area contributed by atoms with Crippen LogP contribution in [0.1, 0.15) is 0 Å². The molecule has 0 radical (unpaired) electrons. The largest absolute Gasteiger partial charge is 0.456 e. The predicted molar refractivity (Wildman–Crippen MR) is 209 cm³/mol. The molecule has 228 valence electrons. The molecule has 10 rings (SSSR count). The van der Waals surface area contributed by atoms with E-state index in [4.69, 9.17) is 4.42 Å². The Morgan fingerprint density at radius 3 is 2.10 bits per heavy atom. The number of hydrogen-bond acceptors (Lipinski definition) is 3.